The average Bonchev–Trinajstić information content (AvgIpc) is 3.32. The van der Waals surface area contributed by atoms with E-state index in [1.807, 2.05) is 0 Å². The summed E-state index contributed by atoms with van der Waals surface area (Å²) in [6.07, 6.45) is -3.22. The number of carbonyl (C=O) groups is 1. The van der Waals surface area contributed by atoms with Crippen LogP contribution in [0.5, 0.6) is 11.5 Å². The number of alkyl halides is 3. The number of fused-ring (bicyclic) bond motifs is 1. The molecule has 7 nitrogen and oxygen atoms in total. The van der Waals surface area contributed by atoms with E-state index in [4.69, 9.17) is 4.74 Å². The number of amides is 1. The summed E-state index contributed by atoms with van der Waals surface area (Å²) in [7, 11) is 1.63. The number of aromatic nitrogens is 3. The van der Waals surface area contributed by atoms with Crippen molar-refractivity contribution in [3.05, 3.63) is 53.7 Å². The van der Waals surface area contributed by atoms with E-state index in [-0.39, 0.29) is 17.4 Å². The molecule has 1 aromatic carbocycles. The summed E-state index contributed by atoms with van der Waals surface area (Å²) in [6, 6.07) is 8.46. The zero-order chi connectivity index (χ0) is 21.5. The molecule has 0 unspecified atom stereocenters. The first-order chi connectivity index (χ1) is 14.3. The maximum atomic E-state index is 12.7. The van der Waals surface area contributed by atoms with E-state index >= 15 is 0 Å². The fraction of sp³-hybridized carbons (Fsp3) is 0.158. The van der Waals surface area contributed by atoms with Crippen LogP contribution in [-0.2, 0) is 6.18 Å². The van der Waals surface area contributed by atoms with Gasteiger partial charge < -0.3 is 9.26 Å². The highest BCUT2D eigenvalue weighted by molar-refractivity contribution is 7.22. The van der Waals surface area contributed by atoms with E-state index in [1.165, 1.54) is 28.9 Å². The molecule has 0 aliphatic rings. The van der Waals surface area contributed by atoms with Gasteiger partial charge in [0.15, 0.2) is 5.69 Å². The SMILES string of the molecule is C[NH2+]C(=O)c1cc(Oc2ccc3c(C)c(-c4noc(C(F)(F)F)n4)sc3c2)ccn1. The predicted molar refractivity (Wildman–Crippen MR) is 101 cm³/mol. The molecule has 3 heterocycles. The third-order valence-electron chi connectivity index (χ3n) is 4.26. The highest BCUT2D eigenvalue weighted by Gasteiger charge is 2.38. The Kier molecular flexibility index (Phi) is 5.00. The van der Waals surface area contributed by atoms with Crippen LogP contribution in [0, 0.1) is 6.92 Å². The van der Waals surface area contributed by atoms with Crippen LogP contribution in [0.1, 0.15) is 21.9 Å². The van der Waals surface area contributed by atoms with Crippen LogP contribution < -0.4 is 10.1 Å². The predicted octanol–water partition coefficient (Wildman–Crippen LogP) is 3.80. The Morgan fingerprint density at radius 3 is 2.67 bits per heavy atom. The van der Waals surface area contributed by atoms with Crippen molar-refractivity contribution in [1.29, 1.82) is 0 Å². The Labute approximate surface area is 171 Å². The quantitative estimate of drug-likeness (QED) is 0.524. The number of nitrogens with zero attached hydrogens (tertiary/aromatic N) is 3. The van der Waals surface area contributed by atoms with Gasteiger partial charge in [-0.1, -0.05) is 5.16 Å². The molecule has 0 saturated carbocycles. The number of aryl methyl sites for hydroxylation is 1. The summed E-state index contributed by atoms with van der Waals surface area (Å²) < 4.78 is 49.2. The first-order valence-electron chi connectivity index (χ1n) is 8.68. The van der Waals surface area contributed by atoms with Crippen molar-refractivity contribution in [3.63, 3.8) is 0 Å². The fourth-order valence-electron chi connectivity index (χ4n) is 2.81. The lowest BCUT2D eigenvalue weighted by molar-refractivity contribution is -0.523. The molecule has 30 heavy (non-hydrogen) atoms. The van der Waals surface area contributed by atoms with Gasteiger partial charge in [0.2, 0.25) is 5.82 Å². The molecule has 0 saturated heterocycles. The van der Waals surface area contributed by atoms with E-state index in [1.54, 1.807) is 38.2 Å². The second-order valence-corrected chi connectivity index (χ2v) is 7.32. The van der Waals surface area contributed by atoms with E-state index in [2.05, 4.69) is 19.6 Å². The molecule has 0 fully saturated rings. The van der Waals surface area contributed by atoms with Crippen molar-refractivity contribution in [3.8, 4) is 22.2 Å². The van der Waals surface area contributed by atoms with Crippen molar-refractivity contribution in [1.82, 2.24) is 15.1 Å². The molecule has 4 rings (SSSR count). The smallest absolute Gasteiger partial charge is 0.457 e. The minimum absolute atomic E-state index is 0.114. The monoisotopic (exact) mass is 435 g/mol. The zero-order valence-electron chi connectivity index (χ0n) is 15.6. The zero-order valence-corrected chi connectivity index (χ0v) is 16.5. The van der Waals surface area contributed by atoms with Gasteiger partial charge >= 0.3 is 18.0 Å². The minimum atomic E-state index is -4.70. The van der Waals surface area contributed by atoms with Gasteiger partial charge in [-0.3, -0.25) is 5.32 Å². The topological polar surface area (TPSA) is 94.7 Å². The summed E-state index contributed by atoms with van der Waals surface area (Å²) in [4.78, 5) is 19.7. The summed E-state index contributed by atoms with van der Waals surface area (Å²) in [5.74, 6) is -0.768. The Hall–Kier alpha value is -3.31. The summed E-state index contributed by atoms with van der Waals surface area (Å²) in [5, 5.41) is 5.72. The third kappa shape index (κ3) is 3.76. The fourth-order valence-corrected chi connectivity index (χ4v) is 3.97. The van der Waals surface area contributed by atoms with Gasteiger partial charge in [-0.25, -0.2) is 9.78 Å². The molecular weight excluding hydrogens is 421 g/mol. The maximum Gasteiger partial charge on any atom is 0.471 e. The maximum absolute atomic E-state index is 12.7. The number of halogens is 3. The van der Waals surface area contributed by atoms with Crippen molar-refractivity contribution >= 4 is 27.3 Å². The van der Waals surface area contributed by atoms with Gasteiger partial charge in [0, 0.05) is 17.0 Å². The van der Waals surface area contributed by atoms with Gasteiger partial charge in [-0.05, 0) is 42.1 Å². The lowest BCUT2D eigenvalue weighted by atomic mass is 10.1. The van der Waals surface area contributed by atoms with Crippen molar-refractivity contribution in [2.45, 2.75) is 13.1 Å². The second-order valence-electron chi connectivity index (χ2n) is 6.27. The molecule has 0 spiro atoms. The largest absolute Gasteiger partial charge is 0.471 e. The normalized spacial score (nSPS) is 11.8. The third-order valence-corrected chi connectivity index (χ3v) is 5.51. The van der Waals surface area contributed by atoms with Gasteiger partial charge in [-0.2, -0.15) is 18.2 Å². The lowest BCUT2D eigenvalue weighted by Gasteiger charge is -2.06. The Bertz CT molecular complexity index is 1250. The summed E-state index contributed by atoms with van der Waals surface area (Å²) >= 11 is 1.23. The van der Waals surface area contributed by atoms with Crippen LogP contribution in [0.25, 0.3) is 20.8 Å². The van der Waals surface area contributed by atoms with E-state index < -0.39 is 12.1 Å². The summed E-state index contributed by atoms with van der Waals surface area (Å²) in [5.41, 5.74) is 1.01. The molecule has 3 aromatic heterocycles. The van der Waals surface area contributed by atoms with Gasteiger partial charge in [-0.15, -0.1) is 11.3 Å². The van der Waals surface area contributed by atoms with E-state index in [0.29, 0.717) is 16.4 Å². The number of ether oxygens (including phenoxy) is 1. The van der Waals surface area contributed by atoms with Gasteiger partial charge in [0.1, 0.15) is 11.5 Å². The number of pyridine rings is 1. The minimum Gasteiger partial charge on any atom is -0.457 e. The number of primary amides is 1. The number of thiophene rings is 1. The average molecular weight is 435 g/mol. The number of hydrogen-bond acceptors (Lipinski definition) is 7. The molecule has 154 valence electrons. The molecule has 0 aliphatic heterocycles. The van der Waals surface area contributed by atoms with Crippen molar-refractivity contribution < 1.29 is 32.5 Å². The number of rotatable bonds is 4. The Morgan fingerprint density at radius 2 is 1.97 bits per heavy atom. The lowest BCUT2D eigenvalue weighted by Crippen LogP contribution is -2.84. The highest BCUT2D eigenvalue weighted by Crippen LogP contribution is 2.40. The number of benzene rings is 1. The molecule has 1 amide bonds. The number of nitrogens with two attached hydrogens (primary N) is 1. The van der Waals surface area contributed by atoms with E-state index in [9.17, 15) is 18.0 Å². The standard InChI is InChI=1S/C19H13F3N4O3S/c1-9-12-4-3-10(28-11-5-6-24-13(7-11)17(27)23-2)8-14(12)30-15(9)16-25-18(29-26-16)19(20,21)22/h3-8H,1-2H3,(H,23,27)/p+1. The van der Waals surface area contributed by atoms with Crippen molar-refractivity contribution in [2.75, 3.05) is 7.05 Å². The highest BCUT2D eigenvalue weighted by atomic mass is 32.1. The van der Waals surface area contributed by atoms with Gasteiger partial charge in [0.05, 0.1) is 11.9 Å². The Morgan fingerprint density at radius 1 is 1.20 bits per heavy atom. The second kappa shape index (κ2) is 7.50. The summed E-state index contributed by atoms with van der Waals surface area (Å²) in [6.45, 7) is 1.78. The molecule has 0 atom stereocenters. The Balaban J connectivity index is 1.66. The molecule has 11 heteroatoms. The molecule has 4 aromatic rings. The van der Waals surface area contributed by atoms with Crippen LogP contribution in [-0.4, -0.2) is 28.1 Å². The molecular formula is C19H14F3N4O3S+. The number of hydrogen-bond donors (Lipinski definition) is 1. The molecule has 0 radical (unpaired) electrons. The van der Waals surface area contributed by atoms with Crippen LogP contribution in [0.15, 0.2) is 41.1 Å². The molecule has 2 N–H and O–H groups in total. The first kappa shape index (κ1) is 20.0. The number of carbonyl (C=O) groups excluding carboxylic acids is 1. The number of quaternary nitrogens is 1. The van der Waals surface area contributed by atoms with Crippen molar-refractivity contribution in [2.24, 2.45) is 0 Å². The van der Waals surface area contributed by atoms with Crippen LogP contribution in [0.4, 0.5) is 13.2 Å². The van der Waals surface area contributed by atoms with Gasteiger partial charge in [0.25, 0.3) is 0 Å². The first-order valence-corrected chi connectivity index (χ1v) is 9.50. The molecule has 0 aliphatic carbocycles. The van der Waals surface area contributed by atoms with Crippen LogP contribution in [0.3, 0.4) is 0 Å². The van der Waals surface area contributed by atoms with E-state index in [0.717, 1.165) is 15.6 Å². The van der Waals surface area contributed by atoms with Crippen LogP contribution >= 0.6 is 11.3 Å². The molecule has 0 bridgehead atoms. The van der Waals surface area contributed by atoms with Crippen LogP contribution in [0.2, 0.25) is 0 Å².